The molecule has 2 amide bonds. The second kappa shape index (κ2) is 9.21. The van der Waals surface area contributed by atoms with Crippen molar-refractivity contribution in [2.24, 2.45) is 0 Å². The molecule has 0 saturated carbocycles. The molecule has 0 radical (unpaired) electrons. The molecule has 4 rings (SSSR count). The first-order valence-electron chi connectivity index (χ1n) is 9.42. The Morgan fingerprint density at radius 2 is 1.00 bits per heavy atom. The first-order valence-corrected chi connectivity index (χ1v) is 9.42. The fourth-order valence-electron chi connectivity index (χ4n) is 3.17. The summed E-state index contributed by atoms with van der Waals surface area (Å²) in [6.07, 6.45) is -1.35. The van der Waals surface area contributed by atoms with Crippen LogP contribution < -0.4 is 10.6 Å². The molecule has 2 heterocycles. The van der Waals surface area contributed by atoms with Crippen molar-refractivity contribution in [3.8, 4) is 0 Å². The summed E-state index contributed by atoms with van der Waals surface area (Å²) >= 11 is 0. The molecule has 30 heavy (non-hydrogen) atoms. The lowest BCUT2D eigenvalue weighted by Gasteiger charge is -2.35. The van der Waals surface area contributed by atoms with Gasteiger partial charge in [-0.3, -0.25) is 19.2 Å². The Labute approximate surface area is 173 Å². The average Bonchev–Trinajstić information content (AvgIpc) is 2.74. The molecule has 2 aromatic rings. The van der Waals surface area contributed by atoms with E-state index in [4.69, 9.17) is 9.47 Å². The predicted octanol–water partition coefficient (Wildman–Crippen LogP) is 1.58. The van der Waals surface area contributed by atoms with Gasteiger partial charge >= 0.3 is 11.9 Å². The lowest BCUT2D eigenvalue weighted by molar-refractivity contribution is -0.164. The van der Waals surface area contributed by atoms with Crippen LogP contribution in [0.1, 0.15) is 37.1 Å². The van der Waals surface area contributed by atoms with Crippen LogP contribution in [0.15, 0.2) is 60.7 Å². The molecule has 0 bridgehead atoms. The molecule has 2 N–H and O–H groups in total. The van der Waals surface area contributed by atoms with E-state index in [9.17, 15) is 19.2 Å². The number of esters is 2. The lowest BCUT2D eigenvalue weighted by Crippen LogP contribution is -2.57. The molecule has 0 spiro atoms. The molecular weight excluding hydrogens is 388 g/mol. The number of nitrogens with one attached hydrogen (secondary N) is 2. The minimum atomic E-state index is -0.676. The van der Waals surface area contributed by atoms with E-state index < -0.39 is 24.1 Å². The molecule has 2 aromatic carbocycles. The van der Waals surface area contributed by atoms with E-state index in [1.807, 2.05) is 60.7 Å². The minimum absolute atomic E-state index is 0.206. The maximum absolute atomic E-state index is 11.2. The van der Waals surface area contributed by atoms with Gasteiger partial charge in [-0.2, -0.15) is 0 Å². The monoisotopic (exact) mass is 410 g/mol. The van der Waals surface area contributed by atoms with Crippen molar-refractivity contribution in [3.63, 3.8) is 0 Å². The number of carbonyl (C=O) groups is 4. The average molecular weight is 410 g/mol. The zero-order valence-corrected chi connectivity index (χ0v) is 16.5. The van der Waals surface area contributed by atoms with Gasteiger partial charge in [-0.25, -0.2) is 0 Å². The molecule has 2 aliphatic heterocycles. The number of hydrogen-bond acceptors (Lipinski definition) is 6. The van der Waals surface area contributed by atoms with Crippen LogP contribution >= 0.6 is 0 Å². The first kappa shape index (κ1) is 21.0. The third-order valence-electron chi connectivity index (χ3n) is 4.62. The van der Waals surface area contributed by atoms with Crippen molar-refractivity contribution in [2.75, 3.05) is 0 Å². The maximum atomic E-state index is 11.2. The van der Waals surface area contributed by atoms with E-state index in [1.165, 1.54) is 13.8 Å². The number of carbonyl (C=O) groups excluding carboxylic acids is 4. The van der Waals surface area contributed by atoms with E-state index in [0.717, 1.165) is 11.1 Å². The molecule has 156 valence electrons. The Balaban J connectivity index is 0.000000171. The summed E-state index contributed by atoms with van der Waals surface area (Å²) in [5, 5.41) is 5.40. The summed E-state index contributed by atoms with van der Waals surface area (Å²) in [7, 11) is 0. The molecule has 2 saturated heterocycles. The fourth-order valence-corrected chi connectivity index (χ4v) is 3.17. The van der Waals surface area contributed by atoms with E-state index >= 15 is 0 Å². The molecule has 2 aliphatic rings. The highest BCUT2D eigenvalue weighted by Gasteiger charge is 2.43. The van der Waals surface area contributed by atoms with Crippen LogP contribution in [0, 0.1) is 0 Å². The van der Waals surface area contributed by atoms with E-state index in [1.54, 1.807) is 0 Å². The van der Waals surface area contributed by atoms with Crippen molar-refractivity contribution >= 4 is 23.8 Å². The fraction of sp³-hybridized carbons (Fsp3) is 0.273. The zero-order valence-electron chi connectivity index (χ0n) is 16.5. The minimum Gasteiger partial charge on any atom is -0.450 e. The van der Waals surface area contributed by atoms with Gasteiger partial charge in [0.25, 0.3) is 11.8 Å². The van der Waals surface area contributed by atoms with Crippen LogP contribution in [-0.2, 0) is 28.7 Å². The number of rotatable bonds is 4. The molecule has 8 nitrogen and oxygen atoms in total. The summed E-state index contributed by atoms with van der Waals surface area (Å²) in [6.45, 7) is 2.60. The highest BCUT2D eigenvalue weighted by Crippen LogP contribution is 2.27. The first-order chi connectivity index (χ1) is 14.4. The molecule has 0 unspecified atom stereocenters. The second-order valence-electron chi connectivity index (χ2n) is 6.85. The van der Waals surface area contributed by atoms with Gasteiger partial charge < -0.3 is 20.1 Å². The molecule has 0 aromatic heterocycles. The quantitative estimate of drug-likeness (QED) is 0.585. The third-order valence-corrected chi connectivity index (χ3v) is 4.62. The van der Waals surface area contributed by atoms with Crippen LogP contribution in [-0.4, -0.2) is 36.0 Å². The van der Waals surface area contributed by atoms with Gasteiger partial charge in [-0.1, -0.05) is 60.7 Å². The van der Waals surface area contributed by atoms with Gasteiger partial charge in [0.2, 0.25) is 12.2 Å². The SMILES string of the molecule is CC(=O)O[C@@H]1C(=O)N[C@@H]1c1ccccc1.CC(=O)O[C@H]1C(=O)N[C@H]1c1ccccc1. The Bertz CT molecular complexity index is 854. The van der Waals surface area contributed by atoms with E-state index in [0.29, 0.717) is 0 Å². The Hall–Kier alpha value is -3.68. The summed E-state index contributed by atoms with van der Waals surface area (Å²) in [5.41, 5.74) is 1.90. The maximum Gasteiger partial charge on any atom is 0.303 e. The Morgan fingerprint density at radius 3 is 1.27 bits per heavy atom. The summed E-state index contributed by atoms with van der Waals surface area (Å²) in [5.74, 6) is -1.34. The third kappa shape index (κ3) is 4.83. The normalized spacial score (nSPS) is 23.9. The predicted molar refractivity (Wildman–Crippen MR) is 106 cm³/mol. The molecule has 8 heteroatoms. The van der Waals surface area contributed by atoms with Crippen LogP contribution in [0.25, 0.3) is 0 Å². The zero-order chi connectivity index (χ0) is 21.7. The molecule has 4 atom stereocenters. The van der Waals surface area contributed by atoms with Crippen molar-refractivity contribution in [3.05, 3.63) is 71.8 Å². The molecular formula is C22H22N2O6. The van der Waals surface area contributed by atoms with Crippen LogP contribution in [0.3, 0.4) is 0 Å². The highest BCUT2D eigenvalue weighted by atomic mass is 16.6. The Kier molecular flexibility index (Phi) is 6.46. The van der Waals surface area contributed by atoms with Crippen LogP contribution in [0.4, 0.5) is 0 Å². The molecule has 0 aliphatic carbocycles. The number of benzene rings is 2. The van der Waals surface area contributed by atoms with Crippen molar-refractivity contribution in [1.29, 1.82) is 0 Å². The summed E-state index contributed by atoms with van der Waals surface area (Å²) < 4.78 is 9.83. The van der Waals surface area contributed by atoms with Crippen molar-refractivity contribution < 1.29 is 28.7 Å². The van der Waals surface area contributed by atoms with Gasteiger partial charge in [0.15, 0.2) is 0 Å². The Morgan fingerprint density at radius 1 is 0.667 bits per heavy atom. The highest BCUT2D eigenvalue weighted by molar-refractivity contribution is 5.91. The van der Waals surface area contributed by atoms with Gasteiger partial charge in [0.1, 0.15) is 12.1 Å². The van der Waals surface area contributed by atoms with Crippen LogP contribution in [0.5, 0.6) is 0 Å². The van der Waals surface area contributed by atoms with Crippen LogP contribution in [0.2, 0.25) is 0 Å². The van der Waals surface area contributed by atoms with Gasteiger partial charge in [0, 0.05) is 13.8 Å². The largest absolute Gasteiger partial charge is 0.450 e. The number of amides is 2. The number of β-lactam (4-membered cyclic amide) rings is 2. The summed E-state index contributed by atoms with van der Waals surface area (Å²) in [6, 6.07) is 18.5. The number of ether oxygens (including phenoxy) is 2. The standard InChI is InChI=1S/2C11H11NO3/c2*1-7(13)15-10-9(12-11(10)14)8-5-3-2-4-6-8/h2*2-6,9-10H,1H3,(H,12,14)/t2*9-,10+/m10/s1. The smallest absolute Gasteiger partial charge is 0.303 e. The topological polar surface area (TPSA) is 111 Å². The number of hydrogen-bond donors (Lipinski definition) is 2. The molecule has 2 fully saturated rings. The van der Waals surface area contributed by atoms with E-state index in [2.05, 4.69) is 10.6 Å². The summed E-state index contributed by atoms with van der Waals surface area (Å²) in [4.78, 5) is 43.9. The van der Waals surface area contributed by atoms with Gasteiger partial charge in [-0.05, 0) is 11.1 Å². The van der Waals surface area contributed by atoms with E-state index in [-0.39, 0.29) is 23.9 Å². The van der Waals surface area contributed by atoms with Crippen molar-refractivity contribution in [1.82, 2.24) is 10.6 Å². The lowest BCUT2D eigenvalue weighted by atomic mass is 9.94. The van der Waals surface area contributed by atoms with Gasteiger partial charge in [-0.15, -0.1) is 0 Å². The van der Waals surface area contributed by atoms with Gasteiger partial charge in [0.05, 0.1) is 0 Å². The van der Waals surface area contributed by atoms with Crippen molar-refractivity contribution in [2.45, 2.75) is 38.1 Å². The second-order valence-corrected chi connectivity index (χ2v) is 6.85.